The normalized spacial score (nSPS) is 20.2. The van der Waals surface area contributed by atoms with Gasteiger partial charge < -0.3 is 10.0 Å². The van der Waals surface area contributed by atoms with E-state index in [0.29, 0.717) is 24.2 Å². The van der Waals surface area contributed by atoms with Crippen molar-refractivity contribution in [3.63, 3.8) is 0 Å². The van der Waals surface area contributed by atoms with E-state index in [4.69, 9.17) is 0 Å². The van der Waals surface area contributed by atoms with Crippen molar-refractivity contribution in [1.82, 2.24) is 30.1 Å². The van der Waals surface area contributed by atoms with E-state index in [9.17, 15) is 9.90 Å². The number of amides is 1. The van der Waals surface area contributed by atoms with E-state index in [-0.39, 0.29) is 12.5 Å². The molecule has 1 aliphatic heterocycles. The number of nitrogens with one attached hydrogen (secondary N) is 1. The first-order valence-electron chi connectivity index (χ1n) is 8.05. The van der Waals surface area contributed by atoms with Gasteiger partial charge in [0, 0.05) is 24.7 Å². The third kappa shape index (κ3) is 2.80. The highest BCUT2D eigenvalue weighted by molar-refractivity contribution is 5.94. The molecule has 0 aliphatic carbocycles. The molecule has 0 spiro atoms. The summed E-state index contributed by atoms with van der Waals surface area (Å²) in [6.45, 7) is 2.66. The molecule has 0 saturated carbocycles. The van der Waals surface area contributed by atoms with Gasteiger partial charge >= 0.3 is 0 Å². The molecule has 0 unspecified atom stereocenters. The minimum atomic E-state index is -1.14. The Labute approximate surface area is 144 Å². The summed E-state index contributed by atoms with van der Waals surface area (Å²) in [5, 5.41) is 25.1. The van der Waals surface area contributed by atoms with Crippen LogP contribution in [0.3, 0.4) is 0 Å². The fourth-order valence-electron chi connectivity index (χ4n) is 3.10. The van der Waals surface area contributed by atoms with Gasteiger partial charge in [0.1, 0.15) is 11.3 Å². The number of carbonyl (C=O) groups excluding carboxylic acids is 1. The zero-order valence-corrected chi connectivity index (χ0v) is 13.8. The number of β-amino-alcohol motifs (C(OH)–C–C–N with tert-alkyl or cyclic N) is 1. The molecule has 128 valence electrons. The third-order valence-corrected chi connectivity index (χ3v) is 4.52. The first-order chi connectivity index (χ1) is 12.0. The molecule has 2 aromatic heterocycles. The molecular formula is C17H18N6O2. The molecule has 3 heterocycles. The minimum Gasteiger partial charge on any atom is -0.381 e. The van der Waals surface area contributed by atoms with Crippen LogP contribution in [0.25, 0.3) is 5.69 Å². The Morgan fingerprint density at radius 3 is 2.72 bits per heavy atom. The van der Waals surface area contributed by atoms with E-state index in [0.717, 1.165) is 11.3 Å². The highest BCUT2D eigenvalue weighted by Gasteiger charge is 2.41. The lowest BCUT2D eigenvalue weighted by Gasteiger charge is -2.21. The first-order valence-corrected chi connectivity index (χ1v) is 8.05. The lowest BCUT2D eigenvalue weighted by atomic mass is 10.00. The number of aryl methyl sites for hydroxylation is 1. The lowest BCUT2D eigenvalue weighted by Crippen LogP contribution is -2.34. The maximum absolute atomic E-state index is 12.7. The molecule has 1 amide bonds. The van der Waals surface area contributed by atoms with E-state index < -0.39 is 5.60 Å². The number of likely N-dealkylation sites (tertiary alicyclic amines) is 1. The van der Waals surface area contributed by atoms with Crippen molar-refractivity contribution in [2.45, 2.75) is 18.9 Å². The molecule has 1 atom stereocenters. The van der Waals surface area contributed by atoms with Crippen LogP contribution in [-0.4, -0.2) is 54.2 Å². The number of hydrogen-bond donors (Lipinski definition) is 2. The molecule has 1 saturated heterocycles. The van der Waals surface area contributed by atoms with Gasteiger partial charge in [0.15, 0.2) is 0 Å². The van der Waals surface area contributed by atoms with E-state index in [1.807, 2.05) is 25.3 Å². The van der Waals surface area contributed by atoms with Gasteiger partial charge in [-0.2, -0.15) is 20.5 Å². The van der Waals surface area contributed by atoms with Crippen molar-refractivity contribution >= 4 is 5.91 Å². The Morgan fingerprint density at radius 2 is 2.08 bits per heavy atom. The van der Waals surface area contributed by atoms with Crippen LogP contribution in [0.4, 0.5) is 0 Å². The van der Waals surface area contributed by atoms with Gasteiger partial charge in [0.05, 0.1) is 24.6 Å². The summed E-state index contributed by atoms with van der Waals surface area (Å²) in [5.41, 5.74) is 1.87. The zero-order chi connectivity index (χ0) is 17.4. The van der Waals surface area contributed by atoms with Crippen LogP contribution in [0.2, 0.25) is 0 Å². The maximum Gasteiger partial charge on any atom is 0.253 e. The molecule has 8 nitrogen and oxygen atoms in total. The number of nitrogens with zero attached hydrogens (tertiary/aromatic N) is 5. The van der Waals surface area contributed by atoms with Crippen molar-refractivity contribution in [2.24, 2.45) is 0 Å². The van der Waals surface area contributed by atoms with Crippen molar-refractivity contribution in [1.29, 1.82) is 0 Å². The number of H-pyrrole nitrogens is 1. The summed E-state index contributed by atoms with van der Waals surface area (Å²) >= 11 is 0. The number of benzene rings is 1. The Morgan fingerprint density at radius 1 is 1.28 bits per heavy atom. The van der Waals surface area contributed by atoms with Crippen LogP contribution < -0.4 is 0 Å². The quantitative estimate of drug-likeness (QED) is 0.743. The highest BCUT2D eigenvalue weighted by Crippen LogP contribution is 2.31. The van der Waals surface area contributed by atoms with Crippen LogP contribution in [0.15, 0.2) is 42.9 Å². The molecule has 0 bridgehead atoms. The van der Waals surface area contributed by atoms with Crippen molar-refractivity contribution in [3.8, 4) is 5.69 Å². The van der Waals surface area contributed by atoms with Crippen LogP contribution in [-0.2, 0) is 5.60 Å². The summed E-state index contributed by atoms with van der Waals surface area (Å²) in [6, 6.07) is 7.28. The van der Waals surface area contributed by atoms with E-state index >= 15 is 0 Å². The fourth-order valence-corrected chi connectivity index (χ4v) is 3.10. The van der Waals surface area contributed by atoms with Crippen LogP contribution in [0, 0.1) is 6.92 Å². The highest BCUT2D eigenvalue weighted by atomic mass is 16.3. The van der Waals surface area contributed by atoms with Crippen molar-refractivity contribution in [2.75, 3.05) is 13.1 Å². The number of aromatic amines is 1. The molecule has 0 radical (unpaired) electrons. The number of aromatic nitrogens is 5. The molecule has 1 aliphatic rings. The second-order valence-corrected chi connectivity index (χ2v) is 6.37. The average molecular weight is 338 g/mol. The first kappa shape index (κ1) is 15.5. The van der Waals surface area contributed by atoms with Crippen molar-refractivity contribution < 1.29 is 9.90 Å². The summed E-state index contributed by atoms with van der Waals surface area (Å²) in [6.07, 6.45) is 5.65. The number of hydrogen-bond acceptors (Lipinski definition) is 5. The predicted molar refractivity (Wildman–Crippen MR) is 89.1 cm³/mol. The molecule has 3 aromatic rings. The van der Waals surface area contributed by atoms with Crippen LogP contribution in [0.5, 0.6) is 0 Å². The fraction of sp³-hybridized carbons (Fsp3) is 0.294. The van der Waals surface area contributed by atoms with Gasteiger partial charge in [0.2, 0.25) is 0 Å². The topological polar surface area (TPSA) is 99.9 Å². The monoisotopic (exact) mass is 338 g/mol. The summed E-state index contributed by atoms with van der Waals surface area (Å²) in [7, 11) is 0. The number of rotatable bonds is 3. The average Bonchev–Trinajstić information content (AvgIpc) is 3.35. The standard InChI is InChI=1S/C17H18N6O2/c1-12-8-19-23(10-12)14-4-2-13(3-5-14)16(24)22-7-6-17(25,11-22)15-9-18-21-20-15/h2-5,8-10,25H,6-7,11H2,1H3,(H,18,20,21)/t17-/m0/s1. The van der Waals surface area contributed by atoms with E-state index in [2.05, 4.69) is 20.5 Å². The van der Waals surface area contributed by atoms with Gasteiger partial charge in [-0.1, -0.05) is 0 Å². The van der Waals surface area contributed by atoms with Gasteiger partial charge in [-0.25, -0.2) is 4.68 Å². The van der Waals surface area contributed by atoms with Gasteiger partial charge in [-0.3, -0.25) is 4.79 Å². The largest absolute Gasteiger partial charge is 0.381 e. The summed E-state index contributed by atoms with van der Waals surface area (Å²) in [5.74, 6) is -0.109. The summed E-state index contributed by atoms with van der Waals surface area (Å²) < 4.78 is 1.77. The second-order valence-electron chi connectivity index (χ2n) is 6.37. The third-order valence-electron chi connectivity index (χ3n) is 4.52. The molecular weight excluding hydrogens is 320 g/mol. The van der Waals surface area contributed by atoms with Gasteiger partial charge in [0.25, 0.3) is 5.91 Å². The maximum atomic E-state index is 12.7. The number of aliphatic hydroxyl groups is 1. The van der Waals surface area contributed by atoms with Gasteiger partial charge in [-0.15, -0.1) is 0 Å². The molecule has 1 aromatic carbocycles. The number of carbonyl (C=O) groups is 1. The SMILES string of the molecule is Cc1cnn(-c2ccc(C(=O)N3CC[C@@](O)(c4cn[nH]n4)C3)cc2)c1. The van der Waals surface area contributed by atoms with E-state index in [1.165, 1.54) is 6.20 Å². The Hall–Kier alpha value is -3.00. The molecule has 25 heavy (non-hydrogen) atoms. The minimum absolute atomic E-state index is 0.109. The Kier molecular flexibility index (Phi) is 3.61. The van der Waals surface area contributed by atoms with Crippen LogP contribution >= 0.6 is 0 Å². The zero-order valence-electron chi connectivity index (χ0n) is 13.8. The molecule has 8 heteroatoms. The molecule has 4 rings (SSSR count). The Bertz CT molecular complexity index is 886. The van der Waals surface area contributed by atoms with E-state index in [1.54, 1.807) is 27.9 Å². The smallest absolute Gasteiger partial charge is 0.253 e. The molecule has 1 fully saturated rings. The summed E-state index contributed by atoms with van der Waals surface area (Å²) in [4.78, 5) is 14.3. The second kappa shape index (κ2) is 5.82. The predicted octanol–water partition coefficient (Wildman–Crippen LogP) is 1.03. The van der Waals surface area contributed by atoms with Gasteiger partial charge in [-0.05, 0) is 36.8 Å². The van der Waals surface area contributed by atoms with Crippen LogP contribution in [0.1, 0.15) is 28.0 Å². The molecule has 2 N–H and O–H groups in total. The lowest BCUT2D eigenvalue weighted by molar-refractivity contribution is 0.0382. The van der Waals surface area contributed by atoms with Crippen molar-refractivity contribution in [3.05, 3.63) is 59.7 Å². The Balaban J connectivity index is 1.50.